The number of hydrogen-bond acceptors (Lipinski definition) is 2. The fourth-order valence-electron chi connectivity index (χ4n) is 2.57. The molecule has 3 amide bonds. The van der Waals surface area contributed by atoms with Crippen molar-refractivity contribution in [3.8, 4) is 5.69 Å². The van der Waals surface area contributed by atoms with Crippen LogP contribution in [0.1, 0.15) is 6.42 Å². The highest BCUT2D eigenvalue weighted by Gasteiger charge is 2.30. The van der Waals surface area contributed by atoms with Crippen LogP contribution in [-0.2, 0) is 4.79 Å². The van der Waals surface area contributed by atoms with Crippen LogP contribution >= 0.6 is 0 Å². The molecular weight excluding hydrogens is 299 g/mol. The Morgan fingerprint density at radius 3 is 2.70 bits per heavy atom. The van der Waals surface area contributed by atoms with Crippen molar-refractivity contribution in [2.75, 3.05) is 18.9 Å². The number of anilines is 1. The van der Waals surface area contributed by atoms with Gasteiger partial charge in [0.05, 0.1) is 5.69 Å². The molecule has 0 radical (unpaired) electrons. The SMILES string of the molecule is CN1CC[C@H](NC(=O)Nc2ccc(F)c(-n3cccc3)c2)C1=O. The second-order valence-electron chi connectivity index (χ2n) is 5.46. The summed E-state index contributed by atoms with van der Waals surface area (Å²) >= 11 is 0. The lowest BCUT2D eigenvalue weighted by atomic mass is 10.2. The van der Waals surface area contributed by atoms with E-state index in [0.29, 0.717) is 24.3 Å². The third-order valence-corrected chi connectivity index (χ3v) is 3.82. The largest absolute Gasteiger partial charge is 0.344 e. The number of rotatable bonds is 3. The summed E-state index contributed by atoms with van der Waals surface area (Å²) in [5.41, 5.74) is 0.788. The van der Waals surface area contributed by atoms with Crippen LogP contribution in [-0.4, -0.2) is 41.0 Å². The molecule has 0 aliphatic carbocycles. The molecule has 23 heavy (non-hydrogen) atoms. The Hall–Kier alpha value is -2.83. The zero-order valence-electron chi connectivity index (χ0n) is 12.6. The minimum absolute atomic E-state index is 0.104. The maximum absolute atomic E-state index is 13.9. The monoisotopic (exact) mass is 316 g/mol. The Bertz CT molecular complexity index is 730. The molecule has 3 rings (SSSR count). The van der Waals surface area contributed by atoms with Gasteiger partial charge in [-0.25, -0.2) is 9.18 Å². The summed E-state index contributed by atoms with van der Waals surface area (Å²) in [6, 6.07) is 6.89. The average molecular weight is 316 g/mol. The van der Waals surface area contributed by atoms with Crippen molar-refractivity contribution in [1.82, 2.24) is 14.8 Å². The van der Waals surface area contributed by atoms with E-state index in [2.05, 4.69) is 10.6 Å². The van der Waals surface area contributed by atoms with Crippen molar-refractivity contribution in [1.29, 1.82) is 0 Å². The minimum Gasteiger partial charge on any atom is -0.344 e. The first-order valence-electron chi connectivity index (χ1n) is 7.30. The second kappa shape index (κ2) is 6.12. The Kier molecular flexibility index (Phi) is 4.01. The van der Waals surface area contributed by atoms with Crippen LogP contribution in [0.3, 0.4) is 0 Å². The Morgan fingerprint density at radius 1 is 1.30 bits per heavy atom. The summed E-state index contributed by atoms with van der Waals surface area (Å²) in [6.07, 6.45) is 4.02. The highest BCUT2D eigenvalue weighted by molar-refractivity contribution is 5.94. The first kappa shape index (κ1) is 15.1. The lowest BCUT2D eigenvalue weighted by molar-refractivity contribution is -0.128. The van der Waals surface area contributed by atoms with Gasteiger partial charge in [-0.2, -0.15) is 0 Å². The number of benzene rings is 1. The molecule has 1 aliphatic heterocycles. The van der Waals surface area contributed by atoms with E-state index in [1.54, 1.807) is 41.0 Å². The lowest BCUT2D eigenvalue weighted by Crippen LogP contribution is -2.42. The number of nitrogens with zero attached hydrogens (tertiary/aromatic N) is 2. The Morgan fingerprint density at radius 2 is 2.04 bits per heavy atom. The lowest BCUT2D eigenvalue weighted by Gasteiger charge is -2.14. The van der Waals surface area contributed by atoms with Crippen LogP contribution < -0.4 is 10.6 Å². The molecule has 7 heteroatoms. The topological polar surface area (TPSA) is 66.4 Å². The van der Waals surface area contributed by atoms with E-state index < -0.39 is 12.1 Å². The van der Waals surface area contributed by atoms with Gasteiger partial charge >= 0.3 is 6.03 Å². The molecule has 120 valence electrons. The molecule has 0 spiro atoms. The van der Waals surface area contributed by atoms with Crippen LogP contribution in [0.2, 0.25) is 0 Å². The fourth-order valence-corrected chi connectivity index (χ4v) is 2.57. The minimum atomic E-state index is -0.510. The standard InChI is InChI=1S/C16H17FN4O2/c1-20-9-6-13(15(20)22)19-16(23)18-11-4-5-12(17)14(10-11)21-7-2-3-8-21/h2-5,7-8,10,13H,6,9H2,1H3,(H2,18,19,23)/t13-/m0/s1. The summed E-state index contributed by atoms with van der Waals surface area (Å²) in [7, 11) is 1.70. The van der Waals surface area contributed by atoms with E-state index in [1.807, 2.05) is 0 Å². The Labute approximate surface area is 132 Å². The number of halogens is 1. The first-order valence-corrected chi connectivity index (χ1v) is 7.30. The molecule has 2 N–H and O–H groups in total. The van der Waals surface area contributed by atoms with Gasteiger partial charge in [0.15, 0.2) is 0 Å². The molecule has 1 aromatic heterocycles. The van der Waals surface area contributed by atoms with E-state index in [0.717, 1.165) is 0 Å². The highest BCUT2D eigenvalue weighted by atomic mass is 19.1. The van der Waals surface area contributed by atoms with Gasteiger partial charge < -0.3 is 20.1 Å². The summed E-state index contributed by atoms with van der Waals surface area (Å²) in [5.74, 6) is -0.493. The molecule has 0 saturated carbocycles. The smallest absolute Gasteiger partial charge is 0.319 e. The van der Waals surface area contributed by atoms with Gasteiger partial charge in [0, 0.05) is 31.7 Å². The number of likely N-dealkylation sites (N-methyl/N-ethyl adjacent to an activating group) is 1. The third kappa shape index (κ3) is 3.18. The summed E-state index contributed by atoms with van der Waals surface area (Å²) in [4.78, 5) is 25.4. The number of carbonyl (C=O) groups excluding carboxylic acids is 2. The highest BCUT2D eigenvalue weighted by Crippen LogP contribution is 2.19. The van der Waals surface area contributed by atoms with Crippen molar-refractivity contribution in [2.45, 2.75) is 12.5 Å². The van der Waals surface area contributed by atoms with Crippen molar-refractivity contribution in [3.63, 3.8) is 0 Å². The van der Waals surface area contributed by atoms with E-state index in [-0.39, 0.29) is 11.7 Å². The molecule has 1 fully saturated rings. The summed E-state index contributed by atoms with van der Waals surface area (Å²) in [6.45, 7) is 0.623. The molecule has 0 bridgehead atoms. The van der Waals surface area contributed by atoms with Gasteiger partial charge in [-0.05, 0) is 36.8 Å². The molecule has 1 saturated heterocycles. The molecular formula is C16H17FN4O2. The number of carbonyl (C=O) groups is 2. The van der Waals surface area contributed by atoms with Crippen LogP contribution in [0.5, 0.6) is 0 Å². The third-order valence-electron chi connectivity index (χ3n) is 3.82. The number of amides is 3. The second-order valence-corrected chi connectivity index (χ2v) is 5.46. The summed E-state index contributed by atoms with van der Waals surface area (Å²) in [5, 5.41) is 5.27. The van der Waals surface area contributed by atoms with Gasteiger partial charge in [-0.1, -0.05) is 0 Å². The van der Waals surface area contributed by atoms with Crippen LogP contribution in [0.4, 0.5) is 14.9 Å². The van der Waals surface area contributed by atoms with E-state index >= 15 is 0 Å². The Balaban J connectivity index is 1.69. The molecule has 1 aromatic carbocycles. The van der Waals surface area contributed by atoms with Crippen molar-refractivity contribution in [2.24, 2.45) is 0 Å². The van der Waals surface area contributed by atoms with Crippen LogP contribution in [0.15, 0.2) is 42.7 Å². The predicted molar refractivity (Wildman–Crippen MR) is 83.9 cm³/mol. The maximum Gasteiger partial charge on any atom is 0.319 e. The number of urea groups is 1. The quantitative estimate of drug-likeness (QED) is 0.909. The van der Waals surface area contributed by atoms with E-state index in [4.69, 9.17) is 0 Å². The predicted octanol–water partition coefficient (Wildman–Crippen LogP) is 1.97. The molecule has 1 aliphatic rings. The molecule has 1 atom stereocenters. The average Bonchev–Trinajstić information content (AvgIpc) is 3.15. The van der Waals surface area contributed by atoms with Crippen LogP contribution in [0, 0.1) is 5.82 Å². The van der Waals surface area contributed by atoms with Gasteiger partial charge in [0.2, 0.25) is 5.91 Å². The van der Waals surface area contributed by atoms with Crippen molar-refractivity contribution >= 4 is 17.6 Å². The van der Waals surface area contributed by atoms with Gasteiger partial charge in [-0.3, -0.25) is 4.79 Å². The first-order chi connectivity index (χ1) is 11.0. The maximum atomic E-state index is 13.9. The number of aromatic nitrogens is 1. The normalized spacial score (nSPS) is 17.4. The van der Waals surface area contributed by atoms with Crippen LogP contribution in [0.25, 0.3) is 5.69 Å². The van der Waals surface area contributed by atoms with Gasteiger partial charge in [0.25, 0.3) is 0 Å². The zero-order chi connectivity index (χ0) is 16.4. The number of likely N-dealkylation sites (tertiary alicyclic amines) is 1. The fraction of sp³-hybridized carbons (Fsp3) is 0.250. The van der Waals surface area contributed by atoms with E-state index in [1.165, 1.54) is 18.2 Å². The molecule has 0 unspecified atom stereocenters. The van der Waals surface area contributed by atoms with Gasteiger partial charge in [-0.15, -0.1) is 0 Å². The zero-order valence-corrected chi connectivity index (χ0v) is 12.6. The van der Waals surface area contributed by atoms with Gasteiger partial charge in [0.1, 0.15) is 11.9 Å². The van der Waals surface area contributed by atoms with Crippen molar-refractivity contribution < 1.29 is 14.0 Å². The summed E-state index contributed by atoms with van der Waals surface area (Å²) < 4.78 is 15.5. The molecule has 6 nitrogen and oxygen atoms in total. The van der Waals surface area contributed by atoms with E-state index in [9.17, 15) is 14.0 Å². The molecule has 2 heterocycles. The van der Waals surface area contributed by atoms with Crippen molar-refractivity contribution in [3.05, 3.63) is 48.5 Å². The number of nitrogens with one attached hydrogen (secondary N) is 2. The molecule has 2 aromatic rings. The number of hydrogen-bond donors (Lipinski definition) is 2.